The van der Waals surface area contributed by atoms with Crippen LogP contribution in [0.4, 0.5) is 13.2 Å². The molecular formula is C34H25F3O9S. The summed E-state index contributed by atoms with van der Waals surface area (Å²) in [4.78, 5) is 0. The van der Waals surface area contributed by atoms with E-state index in [1.165, 1.54) is 6.07 Å². The van der Waals surface area contributed by atoms with Crippen molar-refractivity contribution in [1.29, 1.82) is 0 Å². The molecule has 0 atom stereocenters. The zero-order valence-electron chi connectivity index (χ0n) is 24.6. The molecule has 2 aliphatic rings. The lowest BCUT2D eigenvalue weighted by molar-refractivity contribution is -0.0500. The number of alkyl halides is 3. The van der Waals surface area contributed by atoms with Gasteiger partial charge in [0.15, 0.2) is 0 Å². The summed E-state index contributed by atoms with van der Waals surface area (Å²) >= 11 is 0. The van der Waals surface area contributed by atoms with Gasteiger partial charge in [-0.25, -0.2) is 0 Å². The van der Waals surface area contributed by atoms with Crippen molar-refractivity contribution in [2.75, 3.05) is 13.2 Å². The van der Waals surface area contributed by atoms with Crippen molar-refractivity contribution in [2.45, 2.75) is 25.3 Å². The number of ether oxygens (including phenoxy) is 2. The van der Waals surface area contributed by atoms with Crippen LogP contribution in [0.1, 0.15) is 16.7 Å². The largest absolute Gasteiger partial charge is 0.534 e. The van der Waals surface area contributed by atoms with Gasteiger partial charge in [0.25, 0.3) is 0 Å². The smallest absolute Gasteiger partial charge is 0.508 e. The van der Waals surface area contributed by atoms with E-state index in [1.54, 1.807) is 36.4 Å². The lowest BCUT2D eigenvalue weighted by Crippen LogP contribution is -2.28. The lowest BCUT2D eigenvalue weighted by Gasteiger charge is -2.12. The van der Waals surface area contributed by atoms with Crippen LogP contribution in [-0.4, -0.2) is 37.4 Å². The summed E-state index contributed by atoms with van der Waals surface area (Å²) in [6.07, 6.45) is 1.23. The van der Waals surface area contributed by atoms with E-state index >= 15 is 0 Å². The highest BCUT2D eigenvalue weighted by Crippen LogP contribution is 2.44. The van der Waals surface area contributed by atoms with Gasteiger partial charge in [0.1, 0.15) is 51.4 Å². The van der Waals surface area contributed by atoms with Gasteiger partial charge >= 0.3 is 15.6 Å². The Balaban J connectivity index is 0.000000156. The second-order valence-electron chi connectivity index (χ2n) is 11.0. The van der Waals surface area contributed by atoms with Crippen molar-refractivity contribution >= 4 is 32.1 Å². The molecule has 2 aromatic heterocycles. The quantitative estimate of drug-likeness (QED) is 0.139. The molecule has 0 saturated carbocycles. The number of rotatable bonds is 2. The highest BCUT2D eigenvalue weighted by molar-refractivity contribution is 7.88. The maximum absolute atomic E-state index is 12.5. The molecule has 0 aliphatic carbocycles. The fraction of sp³-hybridized carbons (Fsp3) is 0.176. The molecule has 0 saturated heterocycles. The number of fused-ring (bicyclic) bond motifs is 10. The van der Waals surface area contributed by atoms with Gasteiger partial charge < -0.3 is 32.7 Å². The van der Waals surface area contributed by atoms with Crippen molar-refractivity contribution in [2.24, 2.45) is 0 Å². The number of halogens is 3. The Labute approximate surface area is 265 Å². The van der Waals surface area contributed by atoms with Crippen LogP contribution >= 0.6 is 0 Å². The van der Waals surface area contributed by atoms with Crippen molar-refractivity contribution in [3.63, 3.8) is 0 Å². The van der Waals surface area contributed by atoms with Crippen molar-refractivity contribution in [3.8, 4) is 51.4 Å². The van der Waals surface area contributed by atoms with Crippen LogP contribution in [-0.2, 0) is 23.0 Å². The third kappa shape index (κ3) is 5.56. The maximum atomic E-state index is 12.5. The molecule has 2 aliphatic heterocycles. The van der Waals surface area contributed by atoms with Crippen molar-refractivity contribution in [1.82, 2.24) is 0 Å². The van der Waals surface area contributed by atoms with Gasteiger partial charge in [-0.2, -0.15) is 21.6 Å². The molecular weight excluding hydrogens is 641 g/mol. The van der Waals surface area contributed by atoms with Gasteiger partial charge in [-0.15, -0.1) is 0 Å². The van der Waals surface area contributed by atoms with Crippen LogP contribution in [0.15, 0.2) is 81.6 Å². The normalized spacial score (nSPS) is 13.9. The second kappa shape index (κ2) is 11.2. The summed E-state index contributed by atoms with van der Waals surface area (Å²) in [6, 6.07) is 19.5. The van der Waals surface area contributed by atoms with E-state index < -0.39 is 21.4 Å². The summed E-state index contributed by atoms with van der Waals surface area (Å²) in [6.45, 7) is 2.73. The lowest BCUT2D eigenvalue weighted by atomic mass is 10.0. The van der Waals surface area contributed by atoms with Crippen LogP contribution in [0.5, 0.6) is 28.7 Å². The molecule has 0 fully saturated rings. The van der Waals surface area contributed by atoms with E-state index in [0.29, 0.717) is 42.1 Å². The van der Waals surface area contributed by atoms with Gasteiger partial charge in [-0.05, 0) is 61.5 Å². The Bertz CT molecular complexity index is 2280. The first kappa shape index (κ1) is 30.4. The van der Waals surface area contributed by atoms with Crippen LogP contribution in [0, 0.1) is 6.92 Å². The number of hydrogen-bond donors (Lipinski definition) is 2. The summed E-state index contributed by atoms with van der Waals surface area (Å²) < 4.78 is 87.2. The van der Waals surface area contributed by atoms with Crippen LogP contribution < -0.4 is 13.7 Å². The number of hydrogen-bond acceptors (Lipinski definition) is 9. The Morgan fingerprint density at radius 3 is 1.87 bits per heavy atom. The minimum Gasteiger partial charge on any atom is -0.508 e. The molecule has 9 nitrogen and oxygen atoms in total. The first-order chi connectivity index (χ1) is 22.4. The third-order valence-corrected chi connectivity index (χ3v) is 8.82. The molecule has 13 heteroatoms. The Morgan fingerprint density at radius 1 is 0.702 bits per heavy atom. The highest BCUT2D eigenvalue weighted by atomic mass is 32.2. The molecule has 242 valence electrons. The topological polar surface area (TPSA) is 129 Å². The van der Waals surface area contributed by atoms with Gasteiger partial charge in [0, 0.05) is 46.9 Å². The minimum atomic E-state index is -5.75. The van der Waals surface area contributed by atoms with Crippen LogP contribution in [0.25, 0.3) is 44.6 Å². The molecule has 0 radical (unpaired) electrons. The molecule has 2 N–H and O–H groups in total. The first-order valence-corrected chi connectivity index (χ1v) is 15.8. The van der Waals surface area contributed by atoms with Crippen LogP contribution in [0.3, 0.4) is 0 Å². The van der Waals surface area contributed by atoms with E-state index in [-0.39, 0.29) is 23.9 Å². The first-order valence-electron chi connectivity index (χ1n) is 14.4. The fourth-order valence-corrected chi connectivity index (χ4v) is 6.16. The molecule has 0 unspecified atom stereocenters. The number of aryl methyl sites for hydroxylation is 1. The molecule has 0 bridgehead atoms. The Kier molecular flexibility index (Phi) is 7.23. The zero-order chi connectivity index (χ0) is 33.1. The highest BCUT2D eigenvalue weighted by Gasteiger charge is 2.48. The van der Waals surface area contributed by atoms with Crippen molar-refractivity contribution in [3.05, 3.63) is 89.5 Å². The number of phenols is 2. The van der Waals surface area contributed by atoms with Gasteiger partial charge in [-0.3, -0.25) is 0 Å². The van der Waals surface area contributed by atoms with E-state index in [2.05, 4.69) is 4.18 Å². The predicted molar refractivity (Wildman–Crippen MR) is 165 cm³/mol. The zero-order valence-corrected chi connectivity index (χ0v) is 25.4. The van der Waals surface area contributed by atoms with E-state index in [1.807, 2.05) is 25.1 Å². The summed E-state index contributed by atoms with van der Waals surface area (Å²) in [7, 11) is -5.75. The fourth-order valence-electron chi connectivity index (χ4n) is 5.71. The third-order valence-electron chi connectivity index (χ3n) is 7.84. The summed E-state index contributed by atoms with van der Waals surface area (Å²) in [5, 5.41) is 21.1. The van der Waals surface area contributed by atoms with E-state index in [0.717, 1.165) is 56.5 Å². The van der Waals surface area contributed by atoms with Gasteiger partial charge in [0.2, 0.25) is 0 Å². The molecule has 47 heavy (non-hydrogen) atoms. The monoisotopic (exact) mass is 666 g/mol. The Morgan fingerprint density at radius 2 is 1.23 bits per heavy atom. The summed E-state index contributed by atoms with van der Waals surface area (Å²) in [5.41, 5.74) is 0.304. The Hall–Kier alpha value is -5.30. The van der Waals surface area contributed by atoms with Gasteiger partial charge in [-0.1, -0.05) is 11.6 Å². The standard InChI is InChI=1S/C18H13F3O5S.C16H12O4/c1-10-2-5-15-14(8-10)12-6-7-24-16-9-11(3-4-13(16)17(12)25-15)26-27(22,23)18(19,20)21;17-9-2-4-14-13(7-9)11-5-6-19-15-8-10(18)1-3-12(15)16(11)20-14/h2-5,8-9H,6-7H2,1H3;1-4,7-8,17-18H,5-6H2. The maximum Gasteiger partial charge on any atom is 0.534 e. The molecule has 6 aromatic rings. The number of benzene rings is 4. The molecule has 0 amide bonds. The van der Waals surface area contributed by atoms with E-state index in [9.17, 15) is 31.8 Å². The number of aromatic hydroxyl groups is 2. The summed E-state index contributed by atoms with van der Waals surface area (Å²) in [5.74, 6) is 2.01. The average molecular weight is 667 g/mol. The average Bonchev–Trinajstić information content (AvgIpc) is 3.41. The predicted octanol–water partition coefficient (Wildman–Crippen LogP) is 8.02. The minimum absolute atomic E-state index is 0.168. The van der Waals surface area contributed by atoms with E-state index in [4.69, 9.17) is 18.3 Å². The molecule has 8 rings (SSSR count). The van der Waals surface area contributed by atoms with Gasteiger partial charge in [0.05, 0.1) is 24.3 Å². The number of furan rings is 2. The molecule has 4 heterocycles. The van der Waals surface area contributed by atoms with Crippen molar-refractivity contribution < 1.29 is 54.3 Å². The molecule has 4 aromatic carbocycles. The SMILES string of the molecule is Cc1ccc2oc3c(c2c1)CCOc1cc(OS(=O)(=O)C(F)(F)F)ccc1-3.Oc1ccc2c(c1)OCCc1c-2oc2ccc(O)cc12. The molecule has 0 spiro atoms. The number of phenolic OH excluding ortho intramolecular Hbond substituents is 2. The second-order valence-corrected chi connectivity index (χ2v) is 12.6. The van der Waals surface area contributed by atoms with Crippen LogP contribution in [0.2, 0.25) is 0 Å².